The lowest BCUT2D eigenvalue weighted by molar-refractivity contribution is -0.0800. The van der Waals surface area contributed by atoms with Gasteiger partial charge in [0.1, 0.15) is 18.3 Å². The molecule has 3 aromatic carbocycles. The van der Waals surface area contributed by atoms with Crippen molar-refractivity contribution in [1.82, 2.24) is 0 Å². The Morgan fingerprint density at radius 1 is 0.755 bits per heavy atom. The van der Waals surface area contributed by atoms with Gasteiger partial charge in [0.2, 0.25) is 0 Å². The highest BCUT2D eigenvalue weighted by atomic mass is 32.2. The molecule has 0 unspecified atom stereocenters. The Labute approximate surface area is 328 Å². The largest absolute Gasteiger partial charge is 0.414 e. The maximum atomic E-state index is 7.82. The number of hydrogen-bond acceptors (Lipinski definition) is 7. The van der Waals surface area contributed by atoms with E-state index in [1.807, 2.05) is 6.07 Å². The van der Waals surface area contributed by atoms with Crippen molar-refractivity contribution in [1.29, 1.82) is 0 Å². The summed E-state index contributed by atoms with van der Waals surface area (Å²) in [7, 11) is -8.79. The van der Waals surface area contributed by atoms with Crippen LogP contribution in [0.25, 0.3) is 0 Å². The van der Waals surface area contributed by atoms with Gasteiger partial charge in [0, 0.05) is 0 Å². The van der Waals surface area contributed by atoms with Crippen LogP contribution in [0.4, 0.5) is 0 Å². The molecule has 0 radical (unpaired) electrons. The third kappa shape index (κ3) is 8.29. The molecule has 0 aromatic heterocycles. The molecule has 0 N–H and O–H groups in total. The molecule has 0 amide bonds. The van der Waals surface area contributed by atoms with Gasteiger partial charge in [-0.25, -0.2) is 0 Å². The summed E-state index contributed by atoms with van der Waals surface area (Å²) in [6.07, 6.45) is -1.27. The van der Waals surface area contributed by atoms with E-state index in [0.29, 0.717) is 19.8 Å². The van der Waals surface area contributed by atoms with Gasteiger partial charge in [-0.3, -0.25) is 0 Å². The summed E-state index contributed by atoms with van der Waals surface area (Å²) in [5.41, 5.74) is 1.87. The van der Waals surface area contributed by atoms with Crippen LogP contribution in [-0.4, -0.2) is 67.7 Å². The molecule has 2 fully saturated rings. The van der Waals surface area contributed by atoms with Gasteiger partial charge >= 0.3 is 17.1 Å². The predicted octanol–water partition coefficient (Wildman–Crippen LogP) is 9.95. The van der Waals surface area contributed by atoms with Crippen LogP contribution >= 0.6 is 11.8 Å². The molecule has 5 rings (SSSR count). The first kappa shape index (κ1) is 42.6. The fourth-order valence-electron chi connectivity index (χ4n) is 8.71. The quantitative estimate of drug-likeness (QED) is 0.151. The molecular formula is C43H66O6SSi3. The molecule has 2 aliphatic rings. The Kier molecular flexibility index (Phi) is 13.9. The van der Waals surface area contributed by atoms with E-state index in [9.17, 15) is 0 Å². The second kappa shape index (κ2) is 17.3. The Morgan fingerprint density at radius 3 is 1.70 bits per heavy atom. The molecule has 0 saturated carbocycles. The number of ether oxygens (including phenoxy) is 2. The Balaban J connectivity index is 1.68. The lowest BCUT2D eigenvalue weighted by Crippen LogP contribution is -2.67. The normalized spacial score (nSPS) is 24.8. The van der Waals surface area contributed by atoms with Gasteiger partial charge in [-0.05, 0) is 48.9 Å². The van der Waals surface area contributed by atoms with Crippen molar-refractivity contribution >= 4 is 47.6 Å². The first-order valence-corrected chi connectivity index (χ1v) is 26.7. The Bertz CT molecular complexity index is 1510. The van der Waals surface area contributed by atoms with Crippen molar-refractivity contribution in [2.45, 2.75) is 140 Å². The van der Waals surface area contributed by atoms with E-state index in [0.717, 1.165) is 11.3 Å². The van der Waals surface area contributed by atoms with E-state index in [1.54, 1.807) is 11.8 Å². The van der Waals surface area contributed by atoms with Crippen LogP contribution in [0.15, 0.2) is 91.0 Å². The zero-order chi connectivity index (χ0) is 38.7. The second-order valence-electron chi connectivity index (χ2n) is 17.1. The molecule has 2 bridgehead atoms. The molecular weight excluding hydrogens is 729 g/mol. The van der Waals surface area contributed by atoms with Gasteiger partial charge in [-0.1, -0.05) is 174 Å². The zero-order valence-corrected chi connectivity index (χ0v) is 38.2. The number of hydrogen-bond donors (Lipinski definition) is 0. The summed E-state index contributed by atoms with van der Waals surface area (Å²) in [4.78, 5) is -0.822. The molecule has 0 aliphatic carbocycles. The third-order valence-electron chi connectivity index (χ3n) is 11.3. The van der Waals surface area contributed by atoms with Crippen LogP contribution < -0.4 is 10.4 Å². The lowest BCUT2D eigenvalue weighted by Gasteiger charge is -2.49. The first-order valence-electron chi connectivity index (χ1n) is 19.8. The van der Waals surface area contributed by atoms with E-state index in [-0.39, 0.29) is 27.2 Å². The van der Waals surface area contributed by atoms with Gasteiger partial charge in [0.15, 0.2) is 4.93 Å². The zero-order valence-electron chi connectivity index (χ0n) is 34.4. The van der Waals surface area contributed by atoms with E-state index in [4.69, 9.17) is 26.9 Å². The molecule has 2 aliphatic heterocycles. The van der Waals surface area contributed by atoms with Crippen LogP contribution in [-0.2, 0) is 33.5 Å². The van der Waals surface area contributed by atoms with Crippen LogP contribution in [0.1, 0.15) is 88.6 Å². The maximum Gasteiger partial charge on any atom is 0.335 e. The Hall–Kier alpha value is -1.58. The maximum absolute atomic E-state index is 7.82. The SMILES string of the molecule is CCS[C@]12CO[Si](C(C)C)(C(C)C)O[Si](C(C)C)(C(C)C)O[C@H]([C@@H](CO[Si](c3ccccc3)(c3ccccc3)C(C)(C)C)O1)[C@@H]2OCc1ccccc1. The van der Waals surface area contributed by atoms with Gasteiger partial charge in [0.25, 0.3) is 8.32 Å². The van der Waals surface area contributed by atoms with Crippen molar-refractivity contribution in [2.75, 3.05) is 19.0 Å². The lowest BCUT2D eigenvalue weighted by atomic mass is 10.1. The van der Waals surface area contributed by atoms with Crippen LogP contribution in [0.5, 0.6) is 0 Å². The predicted molar refractivity (Wildman–Crippen MR) is 228 cm³/mol. The summed E-state index contributed by atoms with van der Waals surface area (Å²) < 4.78 is 45.2. The van der Waals surface area contributed by atoms with Crippen LogP contribution in [0.3, 0.4) is 0 Å². The number of rotatable bonds is 14. The molecule has 2 saturated heterocycles. The monoisotopic (exact) mass is 794 g/mol. The summed E-state index contributed by atoms with van der Waals surface area (Å²) in [5.74, 6) is 0.833. The van der Waals surface area contributed by atoms with Crippen LogP contribution in [0, 0.1) is 0 Å². The molecule has 10 heteroatoms. The molecule has 53 heavy (non-hydrogen) atoms. The van der Waals surface area contributed by atoms with Crippen LogP contribution in [0.2, 0.25) is 27.2 Å². The smallest absolute Gasteiger partial charge is 0.335 e. The van der Waals surface area contributed by atoms with Crippen molar-refractivity contribution in [3.63, 3.8) is 0 Å². The standard InChI is InChI=1S/C43H66O6SSi3/c1-13-50-43-31-46-52(32(2)3,33(4)5)49-53(34(6)7,35(8)9)48-40(41(43)44-29-36-23-17-14-18-24-36)39(47-43)30-45-51(42(10,11)12,37-25-19-15-20-26-37)38-27-21-16-22-28-38/h14-28,32-35,39-41H,13,29-31H2,1-12H3/t39-,40-,41+,43+/m1/s1. The highest BCUT2D eigenvalue weighted by Gasteiger charge is 2.66. The molecule has 0 spiro atoms. The molecule has 3 aromatic rings. The molecule has 6 nitrogen and oxygen atoms in total. The summed E-state index contributed by atoms with van der Waals surface area (Å²) in [6, 6.07) is 32.1. The topological polar surface area (TPSA) is 55.4 Å². The van der Waals surface area contributed by atoms with Crippen molar-refractivity contribution in [3.8, 4) is 0 Å². The molecule has 292 valence electrons. The summed E-state index contributed by atoms with van der Waals surface area (Å²) in [6.45, 7) is 28.5. The highest BCUT2D eigenvalue weighted by Crippen LogP contribution is 2.52. The fourth-order valence-corrected chi connectivity index (χ4v) is 25.8. The van der Waals surface area contributed by atoms with E-state index < -0.39 is 48.7 Å². The highest BCUT2D eigenvalue weighted by molar-refractivity contribution is 8.00. The molecule has 4 atom stereocenters. The van der Waals surface area contributed by atoms with Crippen molar-refractivity contribution in [2.24, 2.45) is 0 Å². The number of fused-ring (bicyclic) bond motifs is 2. The van der Waals surface area contributed by atoms with E-state index >= 15 is 0 Å². The van der Waals surface area contributed by atoms with Gasteiger partial charge in [-0.2, -0.15) is 0 Å². The third-order valence-corrected chi connectivity index (χ3v) is 27.8. The average Bonchev–Trinajstić information content (AvgIpc) is 3.42. The van der Waals surface area contributed by atoms with Crippen molar-refractivity contribution < 1.29 is 26.9 Å². The summed E-state index contributed by atoms with van der Waals surface area (Å²) in [5, 5.41) is 2.30. The summed E-state index contributed by atoms with van der Waals surface area (Å²) >= 11 is 1.78. The van der Waals surface area contributed by atoms with Crippen molar-refractivity contribution in [3.05, 3.63) is 96.6 Å². The van der Waals surface area contributed by atoms with Gasteiger partial charge in [0.05, 0.1) is 19.8 Å². The minimum absolute atomic E-state index is 0.162. The molecule has 2 heterocycles. The minimum atomic E-state index is -3.03. The minimum Gasteiger partial charge on any atom is -0.414 e. The second-order valence-corrected chi connectivity index (χ2v) is 31.8. The van der Waals surface area contributed by atoms with E-state index in [2.05, 4.69) is 168 Å². The Morgan fingerprint density at radius 2 is 1.25 bits per heavy atom. The average molecular weight is 795 g/mol. The first-order chi connectivity index (χ1) is 25.1. The van der Waals surface area contributed by atoms with Gasteiger partial charge in [-0.15, -0.1) is 11.8 Å². The number of benzene rings is 3. The van der Waals surface area contributed by atoms with Gasteiger partial charge < -0.3 is 26.9 Å². The fraction of sp³-hybridized carbons (Fsp3) is 0.581. The number of thioether (sulfide) groups is 1. The van der Waals surface area contributed by atoms with E-state index in [1.165, 1.54) is 10.4 Å².